The smallest absolute Gasteiger partial charge is 0.233 e. The second-order valence-electron chi connectivity index (χ2n) is 2.65. The van der Waals surface area contributed by atoms with Crippen molar-refractivity contribution in [3.8, 4) is 0 Å². The number of imidazole rings is 1. The Hall–Kier alpha value is -1.42. The fourth-order valence-corrected chi connectivity index (χ4v) is 1.16. The Bertz CT molecular complexity index is 394. The van der Waals surface area contributed by atoms with Crippen LogP contribution in [0.1, 0.15) is 18.7 Å². The highest BCUT2D eigenvalue weighted by molar-refractivity contribution is 5.30. The van der Waals surface area contributed by atoms with Crippen LogP contribution >= 0.6 is 0 Å². The molecule has 0 fully saturated rings. The van der Waals surface area contributed by atoms with Crippen molar-refractivity contribution in [1.29, 1.82) is 0 Å². The van der Waals surface area contributed by atoms with Crippen molar-refractivity contribution >= 4 is 5.78 Å². The quantitative estimate of drug-likeness (QED) is 0.676. The Labute approximate surface area is 69.5 Å². The molecule has 0 spiro atoms. The summed E-state index contributed by atoms with van der Waals surface area (Å²) in [6.07, 6.45) is 4.63. The molecule has 1 atom stereocenters. The zero-order chi connectivity index (χ0) is 8.55. The third-order valence-electron chi connectivity index (χ3n) is 1.75. The van der Waals surface area contributed by atoms with Gasteiger partial charge >= 0.3 is 0 Å². The van der Waals surface area contributed by atoms with Gasteiger partial charge in [-0.25, -0.2) is 9.97 Å². The molecule has 4 heteroatoms. The summed E-state index contributed by atoms with van der Waals surface area (Å²) >= 11 is 0. The van der Waals surface area contributed by atoms with E-state index in [1.807, 2.05) is 6.20 Å². The molecule has 0 bridgehead atoms. The van der Waals surface area contributed by atoms with Gasteiger partial charge in [0.05, 0.1) is 18.0 Å². The summed E-state index contributed by atoms with van der Waals surface area (Å²) in [6.45, 7) is 1.70. The Morgan fingerprint density at radius 3 is 3.08 bits per heavy atom. The Balaban J connectivity index is 2.70. The van der Waals surface area contributed by atoms with Gasteiger partial charge in [0.25, 0.3) is 0 Å². The number of rotatable bonds is 1. The van der Waals surface area contributed by atoms with E-state index >= 15 is 0 Å². The van der Waals surface area contributed by atoms with E-state index in [9.17, 15) is 5.11 Å². The van der Waals surface area contributed by atoms with Gasteiger partial charge in [0.15, 0.2) is 0 Å². The van der Waals surface area contributed by atoms with Gasteiger partial charge < -0.3 is 5.11 Å². The fourth-order valence-electron chi connectivity index (χ4n) is 1.16. The molecule has 0 aliphatic heterocycles. The van der Waals surface area contributed by atoms with Crippen LogP contribution in [0.15, 0.2) is 24.7 Å². The monoisotopic (exact) mass is 163 g/mol. The van der Waals surface area contributed by atoms with Gasteiger partial charge in [-0.2, -0.15) is 0 Å². The molecular formula is C8H9N3O. The topological polar surface area (TPSA) is 50.4 Å². The van der Waals surface area contributed by atoms with Crippen LogP contribution in [0.5, 0.6) is 0 Å². The zero-order valence-electron chi connectivity index (χ0n) is 6.68. The first-order valence-electron chi connectivity index (χ1n) is 3.75. The molecule has 0 unspecified atom stereocenters. The first kappa shape index (κ1) is 7.24. The SMILES string of the molecule is C[C@H](O)c1cnc2ncccn12. The third-order valence-corrected chi connectivity index (χ3v) is 1.75. The predicted molar refractivity (Wildman–Crippen MR) is 43.6 cm³/mol. The minimum atomic E-state index is -0.510. The highest BCUT2D eigenvalue weighted by Gasteiger charge is 2.07. The van der Waals surface area contributed by atoms with E-state index in [1.165, 1.54) is 0 Å². The number of aliphatic hydroxyl groups excluding tert-OH is 1. The number of nitrogens with zero attached hydrogens (tertiary/aromatic N) is 3. The molecule has 62 valence electrons. The van der Waals surface area contributed by atoms with Crippen LogP contribution in [0, 0.1) is 0 Å². The molecule has 0 amide bonds. The molecule has 0 saturated carbocycles. The number of fused-ring (bicyclic) bond motifs is 1. The van der Waals surface area contributed by atoms with E-state index in [4.69, 9.17) is 0 Å². The predicted octanol–water partition coefficient (Wildman–Crippen LogP) is 0.783. The fraction of sp³-hybridized carbons (Fsp3) is 0.250. The van der Waals surface area contributed by atoms with Crippen molar-refractivity contribution in [3.63, 3.8) is 0 Å². The van der Waals surface area contributed by atoms with Crippen molar-refractivity contribution in [1.82, 2.24) is 14.4 Å². The molecule has 12 heavy (non-hydrogen) atoms. The zero-order valence-corrected chi connectivity index (χ0v) is 6.68. The molecule has 0 aliphatic carbocycles. The molecule has 2 heterocycles. The first-order chi connectivity index (χ1) is 5.79. The first-order valence-corrected chi connectivity index (χ1v) is 3.75. The highest BCUT2D eigenvalue weighted by atomic mass is 16.3. The summed E-state index contributed by atoms with van der Waals surface area (Å²) in [4.78, 5) is 8.06. The van der Waals surface area contributed by atoms with Crippen LogP contribution in [0.4, 0.5) is 0 Å². The van der Waals surface area contributed by atoms with Crippen molar-refractivity contribution < 1.29 is 5.11 Å². The molecule has 2 rings (SSSR count). The standard InChI is InChI=1S/C8H9N3O/c1-6(12)7-5-10-8-9-3-2-4-11(7)8/h2-6,12H,1H3/t6-/m0/s1. The number of aliphatic hydroxyl groups is 1. The summed E-state index contributed by atoms with van der Waals surface area (Å²) in [5.74, 6) is 0.619. The summed E-state index contributed by atoms with van der Waals surface area (Å²) in [5, 5.41) is 9.32. The number of hydrogen-bond donors (Lipinski definition) is 1. The van der Waals surface area contributed by atoms with E-state index in [2.05, 4.69) is 9.97 Å². The second-order valence-corrected chi connectivity index (χ2v) is 2.65. The Morgan fingerprint density at radius 1 is 1.50 bits per heavy atom. The molecule has 0 saturated heterocycles. The molecular weight excluding hydrogens is 154 g/mol. The number of hydrogen-bond acceptors (Lipinski definition) is 3. The molecule has 4 nitrogen and oxygen atoms in total. The van der Waals surface area contributed by atoms with Crippen LogP contribution < -0.4 is 0 Å². The largest absolute Gasteiger partial charge is 0.387 e. The summed E-state index contributed by atoms with van der Waals surface area (Å²) in [5.41, 5.74) is 0.762. The van der Waals surface area contributed by atoms with Crippen molar-refractivity contribution in [2.24, 2.45) is 0 Å². The number of aromatic nitrogens is 3. The lowest BCUT2D eigenvalue weighted by Gasteiger charge is -2.01. The molecule has 2 aromatic rings. The van der Waals surface area contributed by atoms with Gasteiger partial charge in [-0.1, -0.05) is 0 Å². The Morgan fingerprint density at radius 2 is 2.33 bits per heavy atom. The highest BCUT2D eigenvalue weighted by Crippen LogP contribution is 2.11. The van der Waals surface area contributed by atoms with E-state index in [-0.39, 0.29) is 0 Å². The van der Waals surface area contributed by atoms with Gasteiger partial charge in [0.1, 0.15) is 0 Å². The van der Waals surface area contributed by atoms with Gasteiger partial charge in [-0.05, 0) is 13.0 Å². The van der Waals surface area contributed by atoms with Crippen LogP contribution in [-0.2, 0) is 0 Å². The van der Waals surface area contributed by atoms with Crippen LogP contribution in [0.3, 0.4) is 0 Å². The average Bonchev–Trinajstić information content (AvgIpc) is 2.47. The maximum absolute atomic E-state index is 9.32. The van der Waals surface area contributed by atoms with Gasteiger partial charge in [0.2, 0.25) is 5.78 Å². The van der Waals surface area contributed by atoms with E-state index in [0.29, 0.717) is 5.78 Å². The molecule has 1 N–H and O–H groups in total. The maximum Gasteiger partial charge on any atom is 0.233 e. The van der Waals surface area contributed by atoms with Crippen molar-refractivity contribution in [2.75, 3.05) is 0 Å². The molecule has 2 aromatic heterocycles. The van der Waals surface area contributed by atoms with Crippen molar-refractivity contribution in [3.05, 3.63) is 30.4 Å². The van der Waals surface area contributed by atoms with E-state index < -0.39 is 6.10 Å². The van der Waals surface area contributed by atoms with Crippen LogP contribution in [0.25, 0.3) is 5.78 Å². The molecule has 0 aromatic carbocycles. The van der Waals surface area contributed by atoms with Gasteiger partial charge in [-0.3, -0.25) is 4.40 Å². The van der Waals surface area contributed by atoms with Crippen LogP contribution in [0.2, 0.25) is 0 Å². The second kappa shape index (κ2) is 2.57. The van der Waals surface area contributed by atoms with E-state index in [1.54, 1.807) is 29.8 Å². The minimum Gasteiger partial charge on any atom is -0.387 e. The van der Waals surface area contributed by atoms with Gasteiger partial charge in [-0.15, -0.1) is 0 Å². The Kier molecular flexibility index (Phi) is 1.55. The molecule has 0 radical (unpaired) electrons. The summed E-state index contributed by atoms with van der Waals surface area (Å²) < 4.78 is 1.77. The lowest BCUT2D eigenvalue weighted by molar-refractivity contribution is 0.193. The van der Waals surface area contributed by atoms with Gasteiger partial charge in [0, 0.05) is 12.4 Å². The summed E-state index contributed by atoms with van der Waals surface area (Å²) in [6, 6.07) is 1.81. The maximum atomic E-state index is 9.32. The van der Waals surface area contributed by atoms with Crippen LogP contribution in [-0.4, -0.2) is 19.5 Å². The van der Waals surface area contributed by atoms with E-state index in [0.717, 1.165) is 5.69 Å². The third kappa shape index (κ3) is 0.967. The lowest BCUT2D eigenvalue weighted by atomic mass is 10.3. The molecule has 0 aliphatic rings. The summed E-state index contributed by atoms with van der Waals surface area (Å²) in [7, 11) is 0. The minimum absolute atomic E-state index is 0.510. The normalized spacial score (nSPS) is 13.5. The van der Waals surface area contributed by atoms with Crippen molar-refractivity contribution in [2.45, 2.75) is 13.0 Å². The average molecular weight is 163 g/mol. The lowest BCUT2D eigenvalue weighted by Crippen LogP contribution is -1.97.